The van der Waals surface area contributed by atoms with Crippen LogP contribution in [0.1, 0.15) is 90.3 Å². The van der Waals surface area contributed by atoms with Gasteiger partial charge >= 0.3 is 6.09 Å². The second-order valence-corrected chi connectivity index (χ2v) is 11.8. The SMILES string of the molecule is CCCC(C)NC(=O)C(c1ccccc1C)N(C(=O)C(CCSC)NC(=O)OC(C)(C)C)C1CCC1. The van der Waals surface area contributed by atoms with Gasteiger partial charge < -0.3 is 20.3 Å². The molecule has 7 nitrogen and oxygen atoms in total. The topological polar surface area (TPSA) is 87.7 Å². The Morgan fingerprint density at radius 2 is 1.81 bits per heavy atom. The standard InChI is InChI=1S/C28H45N3O4S/c1-8-12-20(3)29-25(32)24(22-16-10-9-13-19(22)2)31(21-14-11-15-21)26(33)23(17-18-36-7)30-27(34)35-28(4,5)6/h9-10,13,16,20-21,23-24H,8,11-12,14-15,17-18H2,1-7H3,(H,29,32)(H,30,34). The Hall–Kier alpha value is -2.22. The number of thioether (sulfide) groups is 1. The number of carbonyl (C=O) groups is 3. The normalized spacial score (nSPS) is 16.3. The number of nitrogens with zero attached hydrogens (tertiary/aromatic N) is 1. The second kappa shape index (κ2) is 13.9. The molecule has 3 unspecified atom stereocenters. The van der Waals surface area contributed by atoms with E-state index in [-0.39, 0.29) is 23.9 Å². The summed E-state index contributed by atoms with van der Waals surface area (Å²) in [4.78, 5) is 42.4. The number of aryl methyl sites for hydroxylation is 1. The molecule has 1 aromatic carbocycles. The van der Waals surface area contributed by atoms with Crippen LogP contribution in [0.25, 0.3) is 0 Å². The molecule has 3 atom stereocenters. The zero-order valence-electron chi connectivity index (χ0n) is 23.1. The Balaban J connectivity index is 2.47. The molecule has 8 heteroatoms. The molecule has 1 aromatic rings. The third kappa shape index (κ3) is 8.71. The van der Waals surface area contributed by atoms with Crippen LogP contribution in [0.5, 0.6) is 0 Å². The predicted octanol–water partition coefficient (Wildman–Crippen LogP) is 5.37. The van der Waals surface area contributed by atoms with E-state index in [1.165, 1.54) is 0 Å². The molecule has 0 spiro atoms. The third-order valence-corrected chi connectivity index (χ3v) is 7.09. The summed E-state index contributed by atoms with van der Waals surface area (Å²) in [5.74, 6) is 0.289. The maximum Gasteiger partial charge on any atom is 0.408 e. The van der Waals surface area contributed by atoms with Crippen LogP contribution in [0.2, 0.25) is 0 Å². The van der Waals surface area contributed by atoms with E-state index in [4.69, 9.17) is 4.74 Å². The molecule has 2 rings (SSSR count). The fraction of sp³-hybridized carbons (Fsp3) is 0.679. The summed E-state index contributed by atoms with van der Waals surface area (Å²) in [6.07, 6.45) is 6.31. The molecular weight excluding hydrogens is 474 g/mol. The number of benzene rings is 1. The zero-order valence-corrected chi connectivity index (χ0v) is 23.9. The highest BCUT2D eigenvalue weighted by Crippen LogP contribution is 2.35. The lowest BCUT2D eigenvalue weighted by atomic mass is 9.87. The fourth-order valence-electron chi connectivity index (χ4n) is 4.44. The van der Waals surface area contributed by atoms with Gasteiger partial charge in [-0.2, -0.15) is 11.8 Å². The number of amides is 3. The average Bonchev–Trinajstić information content (AvgIpc) is 2.74. The summed E-state index contributed by atoms with van der Waals surface area (Å²) < 4.78 is 5.46. The molecule has 1 saturated carbocycles. The maximum atomic E-state index is 14.2. The summed E-state index contributed by atoms with van der Waals surface area (Å²) in [5.41, 5.74) is 1.10. The van der Waals surface area contributed by atoms with Crippen LogP contribution in [0.4, 0.5) is 4.79 Å². The van der Waals surface area contributed by atoms with Gasteiger partial charge in [-0.25, -0.2) is 4.79 Å². The van der Waals surface area contributed by atoms with Gasteiger partial charge in [-0.05, 0) is 89.9 Å². The summed E-state index contributed by atoms with van der Waals surface area (Å²) in [6.45, 7) is 11.4. The second-order valence-electron chi connectivity index (χ2n) is 10.8. The molecule has 0 radical (unpaired) electrons. The van der Waals surface area contributed by atoms with Gasteiger partial charge in [0, 0.05) is 12.1 Å². The predicted molar refractivity (Wildman–Crippen MR) is 147 cm³/mol. The van der Waals surface area contributed by atoms with Gasteiger partial charge in [0.25, 0.3) is 0 Å². The van der Waals surface area contributed by atoms with Crippen LogP contribution < -0.4 is 10.6 Å². The molecule has 0 bridgehead atoms. The monoisotopic (exact) mass is 519 g/mol. The molecule has 36 heavy (non-hydrogen) atoms. The van der Waals surface area contributed by atoms with Crippen molar-refractivity contribution in [3.05, 3.63) is 35.4 Å². The van der Waals surface area contributed by atoms with E-state index >= 15 is 0 Å². The van der Waals surface area contributed by atoms with Crippen LogP contribution in [0.3, 0.4) is 0 Å². The Kier molecular flexibility index (Phi) is 11.6. The van der Waals surface area contributed by atoms with E-state index in [0.29, 0.717) is 12.2 Å². The Bertz CT molecular complexity index is 882. The summed E-state index contributed by atoms with van der Waals surface area (Å²) >= 11 is 1.61. The summed E-state index contributed by atoms with van der Waals surface area (Å²) in [6, 6.07) is 6.16. The first-order valence-electron chi connectivity index (χ1n) is 13.1. The number of rotatable bonds is 12. The molecule has 1 aliphatic rings. The Morgan fingerprint density at radius 3 is 2.33 bits per heavy atom. The van der Waals surface area contributed by atoms with E-state index in [2.05, 4.69) is 17.6 Å². The van der Waals surface area contributed by atoms with Gasteiger partial charge in [0.2, 0.25) is 11.8 Å². The molecular formula is C28H45N3O4S. The van der Waals surface area contributed by atoms with E-state index in [9.17, 15) is 14.4 Å². The maximum absolute atomic E-state index is 14.2. The number of ether oxygens (including phenoxy) is 1. The molecule has 0 heterocycles. The minimum Gasteiger partial charge on any atom is -0.444 e. The van der Waals surface area contributed by atoms with Crippen molar-refractivity contribution in [3.8, 4) is 0 Å². The van der Waals surface area contributed by atoms with Crippen LogP contribution >= 0.6 is 11.8 Å². The van der Waals surface area contributed by atoms with Crippen molar-refractivity contribution in [2.45, 2.75) is 110 Å². The van der Waals surface area contributed by atoms with Crippen molar-refractivity contribution < 1.29 is 19.1 Å². The van der Waals surface area contributed by atoms with Crippen molar-refractivity contribution >= 4 is 29.7 Å². The number of hydrogen-bond acceptors (Lipinski definition) is 5. The first-order chi connectivity index (χ1) is 17.0. The zero-order chi connectivity index (χ0) is 26.9. The van der Waals surface area contributed by atoms with Crippen LogP contribution in [0.15, 0.2) is 24.3 Å². The molecule has 0 aliphatic heterocycles. The molecule has 3 amide bonds. The number of carbonyl (C=O) groups excluding carboxylic acids is 3. The van der Waals surface area contributed by atoms with Crippen molar-refractivity contribution in [2.75, 3.05) is 12.0 Å². The molecule has 1 aliphatic carbocycles. The lowest BCUT2D eigenvalue weighted by Gasteiger charge is -2.44. The third-order valence-electron chi connectivity index (χ3n) is 6.44. The van der Waals surface area contributed by atoms with E-state index < -0.39 is 23.8 Å². The Labute approximate surface area is 221 Å². The van der Waals surface area contributed by atoms with Crippen molar-refractivity contribution in [3.63, 3.8) is 0 Å². The number of alkyl carbamates (subject to hydrolysis) is 1. The van der Waals surface area contributed by atoms with E-state index in [0.717, 1.165) is 43.2 Å². The van der Waals surface area contributed by atoms with Crippen LogP contribution in [0, 0.1) is 6.92 Å². The average molecular weight is 520 g/mol. The van der Waals surface area contributed by atoms with Gasteiger partial charge in [-0.1, -0.05) is 37.6 Å². The lowest BCUT2D eigenvalue weighted by molar-refractivity contribution is -0.147. The minimum absolute atomic E-state index is 0.000428. The van der Waals surface area contributed by atoms with Gasteiger partial charge in [0.1, 0.15) is 17.7 Å². The molecule has 1 fully saturated rings. The number of hydrogen-bond donors (Lipinski definition) is 2. The largest absolute Gasteiger partial charge is 0.444 e. The van der Waals surface area contributed by atoms with E-state index in [1.807, 2.05) is 44.4 Å². The van der Waals surface area contributed by atoms with Crippen molar-refractivity contribution in [2.24, 2.45) is 0 Å². The molecule has 0 saturated heterocycles. The highest BCUT2D eigenvalue weighted by molar-refractivity contribution is 7.98. The van der Waals surface area contributed by atoms with Gasteiger partial charge in [0.15, 0.2) is 0 Å². The summed E-state index contributed by atoms with van der Waals surface area (Å²) in [7, 11) is 0. The smallest absolute Gasteiger partial charge is 0.408 e. The molecule has 2 N–H and O–H groups in total. The highest BCUT2D eigenvalue weighted by atomic mass is 32.2. The fourth-order valence-corrected chi connectivity index (χ4v) is 4.92. The van der Waals surface area contributed by atoms with Crippen LogP contribution in [-0.2, 0) is 14.3 Å². The van der Waals surface area contributed by atoms with Gasteiger partial charge in [0.05, 0.1) is 0 Å². The van der Waals surface area contributed by atoms with Gasteiger partial charge in [-0.3, -0.25) is 9.59 Å². The highest BCUT2D eigenvalue weighted by Gasteiger charge is 2.42. The van der Waals surface area contributed by atoms with Crippen molar-refractivity contribution in [1.29, 1.82) is 0 Å². The van der Waals surface area contributed by atoms with Crippen LogP contribution in [-0.4, -0.2) is 58.5 Å². The first kappa shape index (κ1) is 30.0. The van der Waals surface area contributed by atoms with Gasteiger partial charge in [-0.15, -0.1) is 0 Å². The quantitative estimate of drug-likeness (QED) is 0.388. The number of nitrogens with one attached hydrogen (secondary N) is 2. The minimum atomic E-state index is -0.778. The molecule has 0 aromatic heterocycles. The first-order valence-corrected chi connectivity index (χ1v) is 14.5. The van der Waals surface area contributed by atoms with E-state index in [1.54, 1.807) is 37.4 Å². The molecule has 202 valence electrons. The summed E-state index contributed by atoms with van der Waals surface area (Å²) in [5, 5.41) is 5.97. The lowest BCUT2D eigenvalue weighted by Crippen LogP contribution is -2.58. The Morgan fingerprint density at radius 1 is 1.14 bits per heavy atom. The van der Waals surface area contributed by atoms with Crippen molar-refractivity contribution in [1.82, 2.24) is 15.5 Å².